The summed E-state index contributed by atoms with van der Waals surface area (Å²) < 4.78 is 29.3. The number of imidazole rings is 1. The van der Waals surface area contributed by atoms with Crippen LogP contribution in [-0.2, 0) is 31.0 Å². The highest BCUT2D eigenvalue weighted by atomic mass is 16.6. The van der Waals surface area contributed by atoms with Crippen molar-refractivity contribution < 1.29 is 37.7 Å². The van der Waals surface area contributed by atoms with Crippen molar-refractivity contribution >= 4 is 28.9 Å². The van der Waals surface area contributed by atoms with Gasteiger partial charge < -0.3 is 33.5 Å². The van der Waals surface area contributed by atoms with E-state index in [2.05, 4.69) is 26.2 Å². The molecule has 47 heavy (non-hydrogen) atoms. The smallest absolute Gasteiger partial charge is 0.458 e. The summed E-state index contributed by atoms with van der Waals surface area (Å²) in [5.74, 6) is 2.48. The van der Waals surface area contributed by atoms with Crippen LogP contribution in [0.25, 0.3) is 11.2 Å². The fraction of sp³-hybridized carbons (Fsp3) is 0.455. The van der Waals surface area contributed by atoms with E-state index in [-0.39, 0.29) is 19.4 Å². The highest BCUT2D eigenvalue weighted by molar-refractivity contribution is 5.83. The minimum atomic E-state index is -1.64. The number of nitrogens with one attached hydrogen (secondary N) is 1. The average Bonchev–Trinajstić information content (AvgIpc) is 3.64. The van der Waals surface area contributed by atoms with Crippen molar-refractivity contribution in [2.24, 2.45) is 0 Å². The molecule has 2 N–H and O–H groups in total. The lowest BCUT2D eigenvalue weighted by Crippen LogP contribution is -2.44. The molecule has 1 aliphatic rings. The van der Waals surface area contributed by atoms with Crippen molar-refractivity contribution in [3.05, 3.63) is 63.1 Å². The molecule has 0 saturated carbocycles. The molecular weight excluding hydrogens is 610 g/mol. The van der Waals surface area contributed by atoms with Crippen LogP contribution in [-0.4, -0.2) is 54.9 Å². The highest BCUT2D eigenvalue weighted by Gasteiger charge is 2.51. The zero-order chi connectivity index (χ0) is 34.3. The van der Waals surface area contributed by atoms with Crippen LogP contribution in [0.4, 0.5) is 5.82 Å². The van der Waals surface area contributed by atoms with E-state index in [0.29, 0.717) is 45.6 Å². The Morgan fingerprint density at radius 3 is 2.60 bits per heavy atom. The molecule has 3 aromatic heterocycles. The maximum Gasteiger partial charge on any atom is 0.519 e. The van der Waals surface area contributed by atoms with Crippen LogP contribution in [0.5, 0.6) is 5.75 Å². The van der Waals surface area contributed by atoms with Crippen molar-refractivity contribution in [1.29, 1.82) is 0 Å². The third kappa shape index (κ3) is 6.63. The Balaban J connectivity index is 1.38. The molecule has 1 saturated heterocycles. The van der Waals surface area contributed by atoms with Crippen LogP contribution in [0.3, 0.4) is 0 Å². The Bertz CT molecular complexity index is 1950. The number of aliphatic hydroxyl groups is 1. The van der Waals surface area contributed by atoms with E-state index in [9.17, 15) is 19.5 Å². The van der Waals surface area contributed by atoms with Crippen LogP contribution < -0.4 is 15.9 Å². The first-order chi connectivity index (χ1) is 22.2. The molecule has 4 heterocycles. The number of hydrogen-bond donors (Lipinski definition) is 2. The number of ether oxygens (including phenoxy) is 3. The molecule has 0 bridgehead atoms. The number of hydrogen-bond acceptors (Lipinski definition) is 13. The largest absolute Gasteiger partial charge is 0.519 e. The number of anilines is 1. The predicted molar refractivity (Wildman–Crippen MR) is 168 cm³/mol. The number of fused-ring (bicyclic) bond motifs is 1. The molecule has 4 aromatic rings. The second-order valence-electron chi connectivity index (χ2n) is 12.3. The van der Waals surface area contributed by atoms with Crippen LogP contribution >= 0.6 is 0 Å². The van der Waals surface area contributed by atoms with E-state index in [0.717, 1.165) is 11.1 Å². The molecule has 0 radical (unpaired) electrons. The van der Waals surface area contributed by atoms with Gasteiger partial charge in [-0.2, -0.15) is 0 Å². The summed E-state index contributed by atoms with van der Waals surface area (Å²) in [7, 11) is 0. The Kier molecular flexibility index (Phi) is 8.98. The lowest BCUT2D eigenvalue weighted by molar-refractivity contribution is -0.160. The number of esters is 2. The minimum Gasteiger partial charge on any atom is -0.458 e. The van der Waals surface area contributed by atoms with Gasteiger partial charge in [0.05, 0.1) is 25.9 Å². The van der Waals surface area contributed by atoms with Crippen LogP contribution in [0, 0.1) is 40.0 Å². The van der Waals surface area contributed by atoms with E-state index >= 15 is 0 Å². The molecule has 14 heteroatoms. The van der Waals surface area contributed by atoms with E-state index in [1.54, 1.807) is 24.5 Å². The molecule has 1 aromatic carbocycles. The molecule has 0 amide bonds. The van der Waals surface area contributed by atoms with E-state index in [1.807, 2.05) is 33.8 Å². The molecule has 1 aliphatic heterocycles. The number of terminal acetylenes is 1. The summed E-state index contributed by atoms with van der Waals surface area (Å²) in [6.07, 6.45) is 5.57. The van der Waals surface area contributed by atoms with Gasteiger partial charge in [-0.1, -0.05) is 25.8 Å². The number of carbonyl (C=O) groups is 2. The molecule has 0 spiro atoms. The molecule has 5 rings (SSSR count). The lowest BCUT2D eigenvalue weighted by Gasteiger charge is -2.31. The van der Waals surface area contributed by atoms with Crippen LogP contribution in [0.2, 0.25) is 0 Å². The number of rotatable bonds is 10. The Hall–Kier alpha value is -5.00. The standard InChI is InChI=1S/C33H37N5O9/c1-9-33(15-39)24(46-26(41)13-32(7,8)27-18(3)10-17(2)11-22(27)44-21(6)40)12-25(47-33)38-16-35-28-29(36-20(5)37-30(28)38)34-14-23-19(4)43-31(42)45-23/h1,10-11,16,24-25,39H,12-15H2,2-8H3,(H,34,36,37)/t24-,25+,33+/m0/s1. The number of benzene rings is 1. The average molecular weight is 648 g/mol. The van der Waals surface area contributed by atoms with Crippen LogP contribution in [0.15, 0.2) is 32.1 Å². The van der Waals surface area contributed by atoms with Gasteiger partial charge in [0.2, 0.25) is 0 Å². The lowest BCUT2D eigenvalue weighted by atomic mass is 9.78. The number of carbonyl (C=O) groups excluding carboxylic acids is 2. The van der Waals surface area contributed by atoms with Crippen molar-refractivity contribution in [1.82, 2.24) is 19.5 Å². The second-order valence-corrected chi connectivity index (χ2v) is 12.3. The maximum atomic E-state index is 13.5. The number of aryl methyl sites for hydroxylation is 4. The van der Waals surface area contributed by atoms with Gasteiger partial charge >= 0.3 is 17.8 Å². The third-order valence-corrected chi connectivity index (χ3v) is 8.09. The second kappa shape index (κ2) is 12.7. The minimum absolute atomic E-state index is 0.0792. The Labute approximate surface area is 270 Å². The summed E-state index contributed by atoms with van der Waals surface area (Å²) in [5, 5.41) is 13.5. The summed E-state index contributed by atoms with van der Waals surface area (Å²) in [5.41, 5.74) is 0.844. The van der Waals surface area contributed by atoms with Gasteiger partial charge in [0.1, 0.15) is 29.7 Å². The fourth-order valence-electron chi connectivity index (χ4n) is 6.11. The monoisotopic (exact) mass is 647 g/mol. The van der Waals surface area contributed by atoms with Gasteiger partial charge in [-0.3, -0.25) is 14.2 Å². The van der Waals surface area contributed by atoms with Gasteiger partial charge in [0.25, 0.3) is 0 Å². The highest BCUT2D eigenvalue weighted by Crippen LogP contribution is 2.42. The quantitative estimate of drug-likeness (QED) is 0.145. The van der Waals surface area contributed by atoms with Crippen LogP contribution in [0.1, 0.15) is 73.9 Å². The van der Waals surface area contributed by atoms with E-state index < -0.39 is 47.7 Å². The molecular formula is C33H37N5O9. The molecule has 3 atom stereocenters. The first-order valence-corrected chi connectivity index (χ1v) is 15.0. The topological polar surface area (TPSA) is 181 Å². The Morgan fingerprint density at radius 1 is 1.21 bits per heavy atom. The van der Waals surface area contributed by atoms with E-state index in [4.69, 9.17) is 29.5 Å². The summed E-state index contributed by atoms with van der Waals surface area (Å²) in [6, 6.07) is 3.72. The van der Waals surface area contributed by atoms with Crippen molar-refractivity contribution in [3.63, 3.8) is 0 Å². The first-order valence-electron chi connectivity index (χ1n) is 15.0. The fourth-order valence-corrected chi connectivity index (χ4v) is 6.11. The van der Waals surface area contributed by atoms with Crippen molar-refractivity contribution in [2.45, 2.75) is 91.2 Å². The molecule has 1 fully saturated rings. The normalized spacial score (nSPS) is 19.5. The zero-order valence-corrected chi connectivity index (χ0v) is 27.3. The summed E-state index contributed by atoms with van der Waals surface area (Å²) >= 11 is 0. The molecule has 0 unspecified atom stereocenters. The molecule has 248 valence electrons. The number of aliphatic hydroxyl groups excluding tert-OH is 1. The summed E-state index contributed by atoms with van der Waals surface area (Å²) in [6.45, 7) is 11.6. The van der Waals surface area contributed by atoms with Crippen molar-refractivity contribution in [3.8, 4) is 18.1 Å². The van der Waals surface area contributed by atoms with Gasteiger partial charge in [0.15, 0.2) is 28.3 Å². The number of aromatic nitrogens is 4. The predicted octanol–water partition coefficient (Wildman–Crippen LogP) is 3.71. The van der Waals surface area contributed by atoms with Gasteiger partial charge in [-0.05, 0) is 44.9 Å². The van der Waals surface area contributed by atoms with E-state index in [1.165, 1.54) is 13.3 Å². The maximum absolute atomic E-state index is 13.5. The number of nitrogens with zero attached hydrogens (tertiary/aromatic N) is 4. The van der Waals surface area contributed by atoms with Crippen molar-refractivity contribution in [2.75, 3.05) is 11.9 Å². The SMILES string of the molecule is C#C[C@]1(CO)O[C@@H](n2cnc3c(NCc4oc(=O)oc4C)nc(C)nc32)C[C@@H]1OC(=O)CC(C)(C)c1c(C)cc(C)cc1OC(C)=O. The molecule has 14 nitrogen and oxygen atoms in total. The van der Waals surface area contributed by atoms with Gasteiger partial charge in [0, 0.05) is 24.3 Å². The third-order valence-electron chi connectivity index (χ3n) is 8.09. The molecule has 0 aliphatic carbocycles. The van der Waals surface area contributed by atoms with Gasteiger partial charge in [-0.15, -0.1) is 6.42 Å². The van der Waals surface area contributed by atoms with Gasteiger partial charge in [-0.25, -0.2) is 19.7 Å². The Morgan fingerprint density at radius 2 is 1.96 bits per heavy atom. The zero-order valence-electron chi connectivity index (χ0n) is 27.3. The first kappa shape index (κ1) is 33.4. The summed E-state index contributed by atoms with van der Waals surface area (Å²) in [4.78, 5) is 50.3.